The molecule has 0 bridgehead atoms. The third kappa shape index (κ3) is 2.24. The number of nitrogens with zero attached hydrogens (tertiary/aromatic N) is 3. The predicted molar refractivity (Wildman–Crippen MR) is 79.9 cm³/mol. The Balaban J connectivity index is 2.08. The number of nitrogens with two attached hydrogens (primary N) is 1. The highest BCUT2D eigenvalue weighted by molar-refractivity contribution is 7.18. The van der Waals surface area contributed by atoms with Crippen molar-refractivity contribution in [2.45, 2.75) is 0 Å². The van der Waals surface area contributed by atoms with Gasteiger partial charge >= 0.3 is 0 Å². The zero-order chi connectivity index (χ0) is 15.1. The van der Waals surface area contributed by atoms with Crippen molar-refractivity contribution in [3.05, 3.63) is 49.8 Å². The summed E-state index contributed by atoms with van der Waals surface area (Å²) in [6.07, 6.45) is 1.51. The average molecular weight is 323 g/mol. The molecule has 0 spiro atoms. The van der Waals surface area contributed by atoms with Crippen LogP contribution in [-0.4, -0.2) is 20.6 Å². The maximum atomic E-state index is 12.4. The summed E-state index contributed by atoms with van der Waals surface area (Å²) in [7, 11) is 0. The summed E-state index contributed by atoms with van der Waals surface area (Å²) in [5.41, 5.74) is 6.51. The average Bonchev–Trinajstić information content (AvgIpc) is 3.01. The molecule has 106 valence electrons. The maximum absolute atomic E-state index is 12.4. The van der Waals surface area contributed by atoms with E-state index in [2.05, 4.69) is 5.10 Å². The third-order valence-electron chi connectivity index (χ3n) is 2.86. The van der Waals surface area contributed by atoms with Crippen LogP contribution >= 0.6 is 22.9 Å². The van der Waals surface area contributed by atoms with Gasteiger partial charge < -0.3 is 5.73 Å². The SMILES string of the molecule is Nc1ccc2c(cnn2C(=O)c2cc([N+](=O)[O-])c(Cl)s2)c1. The number of hydrogen-bond donors (Lipinski definition) is 1. The molecule has 3 aromatic rings. The first-order valence-corrected chi connectivity index (χ1v) is 6.88. The molecule has 0 aliphatic heterocycles. The van der Waals surface area contributed by atoms with E-state index in [1.54, 1.807) is 18.2 Å². The Morgan fingerprint density at radius 2 is 2.19 bits per heavy atom. The van der Waals surface area contributed by atoms with Gasteiger partial charge in [-0.1, -0.05) is 11.6 Å². The molecule has 2 aromatic heterocycles. The quantitative estimate of drug-likeness (QED) is 0.443. The summed E-state index contributed by atoms with van der Waals surface area (Å²) in [5.74, 6) is -0.477. The first-order valence-electron chi connectivity index (χ1n) is 5.69. The van der Waals surface area contributed by atoms with Crippen molar-refractivity contribution in [3.63, 3.8) is 0 Å². The number of halogens is 1. The van der Waals surface area contributed by atoms with Crippen molar-refractivity contribution in [2.24, 2.45) is 0 Å². The number of benzene rings is 1. The second kappa shape index (κ2) is 4.83. The first kappa shape index (κ1) is 13.5. The molecule has 0 amide bonds. The molecule has 21 heavy (non-hydrogen) atoms. The van der Waals surface area contributed by atoms with Gasteiger partial charge in [0.15, 0.2) is 4.34 Å². The Morgan fingerprint density at radius 3 is 2.86 bits per heavy atom. The summed E-state index contributed by atoms with van der Waals surface area (Å²) >= 11 is 6.61. The van der Waals surface area contributed by atoms with Crippen LogP contribution in [0.5, 0.6) is 0 Å². The van der Waals surface area contributed by atoms with Crippen LogP contribution in [0.1, 0.15) is 9.67 Å². The maximum Gasteiger partial charge on any atom is 0.299 e. The van der Waals surface area contributed by atoms with E-state index >= 15 is 0 Å². The molecule has 2 heterocycles. The lowest BCUT2D eigenvalue weighted by Gasteiger charge is -1.99. The molecule has 0 radical (unpaired) electrons. The van der Waals surface area contributed by atoms with E-state index in [4.69, 9.17) is 17.3 Å². The van der Waals surface area contributed by atoms with Crippen molar-refractivity contribution in [2.75, 3.05) is 5.73 Å². The van der Waals surface area contributed by atoms with Crippen LogP contribution in [0.3, 0.4) is 0 Å². The molecule has 2 N–H and O–H groups in total. The van der Waals surface area contributed by atoms with Crippen molar-refractivity contribution in [3.8, 4) is 0 Å². The van der Waals surface area contributed by atoms with Crippen molar-refractivity contribution < 1.29 is 9.72 Å². The largest absolute Gasteiger partial charge is 0.399 e. The topological polar surface area (TPSA) is 104 Å². The normalized spacial score (nSPS) is 10.9. The smallest absolute Gasteiger partial charge is 0.299 e. The van der Waals surface area contributed by atoms with Crippen molar-refractivity contribution >= 4 is 51.1 Å². The molecule has 3 rings (SSSR count). The number of thiophene rings is 1. The Kier molecular flexibility index (Phi) is 3.11. The van der Waals surface area contributed by atoms with Gasteiger partial charge in [-0.15, -0.1) is 11.3 Å². The lowest BCUT2D eigenvalue weighted by Crippen LogP contribution is -2.11. The van der Waals surface area contributed by atoms with Gasteiger partial charge in [-0.05, 0) is 18.2 Å². The lowest BCUT2D eigenvalue weighted by atomic mass is 10.2. The van der Waals surface area contributed by atoms with E-state index in [-0.39, 0.29) is 14.9 Å². The highest BCUT2D eigenvalue weighted by atomic mass is 35.5. The fraction of sp³-hybridized carbons (Fsp3) is 0. The fourth-order valence-electron chi connectivity index (χ4n) is 1.91. The Bertz CT molecular complexity index is 886. The van der Waals surface area contributed by atoms with Gasteiger partial charge in [0.2, 0.25) is 0 Å². The number of fused-ring (bicyclic) bond motifs is 1. The summed E-state index contributed by atoms with van der Waals surface area (Å²) in [5, 5.41) is 15.5. The third-order valence-corrected chi connectivity index (χ3v) is 4.19. The molecule has 7 nitrogen and oxygen atoms in total. The molecule has 0 aliphatic rings. The summed E-state index contributed by atoms with van der Waals surface area (Å²) in [6, 6.07) is 6.16. The van der Waals surface area contributed by atoms with Gasteiger partial charge in [-0.25, -0.2) is 0 Å². The summed E-state index contributed by atoms with van der Waals surface area (Å²) < 4.78 is 1.13. The van der Waals surface area contributed by atoms with Crippen LogP contribution in [0.15, 0.2) is 30.5 Å². The van der Waals surface area contributed by atoms with Crippen LogP contribution in [0.25, 0.3) is 10.9 Å². The van der Waals surface area contributed by atoms with E-state index in [1.807, 2.05) is 0 Å². The predicted octanol–water partition coefficient (Wildman–Crippen LogP) is 2.93. The molecule has 0 unspecified atom stereocenters. The zero-order valence-corrected chi connectivity index (χ0v) is 11.9. The minimum Gasteiger partial charge on any atom is -0.399 e. The van der Waals surface area contributed by atoms with Crippen LogP contribution in [0.4, 0.5) is 11.4 Å². The van der Waals surface area contributed by atoms with E-state index in [1.165, 1.54) is 10.9 Å². The Morgan fingerprint density at radius 1 is 1.43 bits per heavy atom. The van der Waals surface area contributed by atoms with Gasteiger partial charge in [0.05, 0.1) is 16.6 Å². The number of carbonyl (C=O) groups excluding carboxylic acids is 1. The van der Waals surface area contributed by atoms with Crippen LogP contribution in [-0.2, 0) is 0 Å². The number of nitrogen functional groups attached to an aromatic ring is 1. The minimum absolute atomic E-state index is 0.0379. The monoisotopic (exact) mass is 322 g/mol. The van der Waals surface area contributed by atoms with Crippen LogP contribution < -0.4 is 5.73 Å². The number of anilines is 1. The molecule has 0 saturated heterocycles. The highest BCUT2D eigenvalue weighted by Crippen LogP contribution is 2.34. The van der Waals surface area contributed by atoms with E-state index < -0.39 is 10.8 Å². The zero-order valence-electron chi connectivity index (χ0n) is 10.3. The van der Waals surface area contributed by atoms with Crippen LogP contribution in [0, 0.1) is 10.1 Å². The number of aromatic nitrogens is 2. The molecule has 0 atom stereocenters. The highest BCUT2D eigenvalue weighted by Gasteiger charge is 2.23. The van der Waals surface area contributed by atoms with Gasteiger partial charge in [0.25, 0.3) is 11.6 Å². The molecular formula is C12H7ClN4O3S. The number of hydrogen-bond acceptors (Lipinski definition) is 6. The second-order valence-electron chi connectivity index (χ2n) is 4.21. The summed E-state index contributed by atoms with van der Waals surface area (Å²) in [6.45, 7) is 0. The number of carbonyl (C=O) groups is 1. The lowest BCUT2D eigenvalue weighted by molar-refractivity contribution is -0.384. The van der Waals surface area contributed by atoms with Crippen molar-refractivity contribution in [1.29, 1.82) is 0 Å². The van der Waals surface area contributed by atoms with E-state index in [9.17, 15) is 14.9 Å². The van der Waals surface area contributed by atoms with Gasteiger partial charge in [0, 0.05) is 17.1 Å². The molecule has 0 saturated carbocycles. The molecular weight excluding hydrogens is 316 g/mol. The second-order valence-corrected chi connectivity index (χ2v) is 5.86. The molecule has 0 aliphatic carbocycles. The van der Waals surface area contributed by atoms with Crippen molar-refractivity contribution in [1.82, 2.24) is 9.78 Å². The summed E-state index contributed by atoms with van der Waals surface area (Å²) in [4.78, 5) is 22.7. The number of nitro groups is 1. The van der Waals surface area contributed by atoms with E-state index in [0.717, 1.165) is 17.4 Å². The van der Waals surface area contributed by atoms with E-state index in [0.29, 0.717) is 16.6 Å². The molecule has 0 fully saturated rings. The van der Waals surface area contributed by atoms with Gasteiger partial charge in [-0.2, -0.15) is 9.78 Å². The molecule has 1 aromatic carbocycles. The van der Waals surface area contributed by atoms with Gasteiger partial charge in [0.1, 0.15) is 4.88 Å². The Hall–Kier alpha value is -2.45. The number of rotatable bonds is 2. The first-order chi connectivity index (χ1) is 9.97. The minimum atomic E-state index is -0.627. The van der Waals surface area contributed by atoms with Gasteiger partial charge in [-0.3, -0.25) is 14.9 Å². The molecule has 9 heteroatoms. The van der Waals surface area contributed by atoms with Crippen LogP contribution in [0.2, 0.25) is 4.34 Å². The standard InChI is InChI=1S/C12H7ClN4O3S/c13-11-9(17(19)20)4-10(21-11)12(18)16-8-2-1-7(14)3-6(8)5-15-16/h1-5H,14H2. The fourth-order valence-corrected chi connectivity index (χ4v) is 3.06. The Labute approximate surface area is 126 Å².